The van der Waals surface area contributed by atoms with Crippen LogP contribution in [0.2, 0.25) is 0 Å². The molecule has 1 heterocycles. The van der Waals surface area contributed by atoms with Crippen LogP contribution in [0.3, 0.4) is 0 Å². The minimum Gasteiger partial charge on any atom is -0.371 e. The topological polar surface area (TPSA) is 58.4 Å². The Kier molecular flexibility index (Phi) is 3.73. The van der Waals surface area contributed by atoms with E-state index >= 15 is 0 Å². The number of amides is 1. The second-order valence-corrected chi connectivity index (χ2v) is 6.86. The molecule has 3 N–H and O–H groups in total. The number of carbonyl (C=O) groups is 1. The van der Waals surface area contributed by atoms with Gasteiger partial charge in [0, 0.05) is 29.8 Å². The van der Waals surface area contributed by atoms with Gasteiger partial charge in [0.1, 0.15) is 0 Å². The molecule has 1 saturated heterocycles. The first-order valence-electron chi connectivity index (χ1n) is 7.14. The minimum absolute atomic E-state index is 0.0274. The molecule has 1 amide bonds. The highest BCUT2D eigenvalue weighted by Gasteiger charge is 2.45. The van der Waals surface area contributed by atoms with Gasteiger partial charge in [-0.05, 0) is 49.4 Å². The number of halogens is 1. The number of hydrogen-bond acceptors (Lipinski definition) is 3. The molecule has 20 heavy (non-hydrogen) atoms. The number of benzene rings is 1. The van der Waals surface area contributed by atoms with Crippen molar-refractivity contribution in [2.45, 2.75) is 24.8 Å². The molecule has 3 rings (SSSR count). The van der Waals surface area contributed by atoms with Gasteiger partial charge in [-0.3, -0.25) is 4.79 Å². The summed E-state index contributed by atoms with van der Waals surface area (Å²) in [5.74, 6) is 0.546. The highest BCUT2D eigenvalue weighted by Crippen LogP contribution is 2.32. The quantitative estimate of drug-likeness (QED) is 0.881. The van der Waals surface area contributed by atoms with E-state index in [4.69, 9.17) is 5.73 Å². The summed E-state index contributed by atoms with van der Waals surface area (Å²) in [5, 5.41) is 3.01. The average Bonchev–Trinajstić information content (AvgIpc) is 3.03. The normalized spacial score (nSPS) is 23.7. The van der Waals surface area contributed by atoms with E-state index in [9.17, 15) is 4.79 Å². The Balaban J connectivity index is 1.49. The Labute approximate surface area is 127 Å². The molecule has 2 aliphatic rings. The van der Waals surface area contributed by atoms with Gasteiger partial charge in [0.2, 0.25) is 5.91 Å². The van der Waals surface area contributed by atoms with Crippen molar-refractivity contribution < 1.29 is 4.79 Å². The van der Waals surface area contributed by atoms with Crippen LogP contribution in [0.1, 0.15) is 19.3 Å². The Morgan fingerprint density at radius 1 is 1.40 bits per heavy atom. The summed E-state index contributed by atoms with van der Waals surface area (Å²) in [6, 6.07) is 8.39. The number of anilines is 1. The first kappa shape index (κ1) is 13.9. The monoisotopic (exact) mass is 337 g/mol. The number of nitrogens with zero attached hydrogens (tertiary/aromatic N) is 1. The third kappa shape index (κ3) is 2.99. The highest BCUT2D eigenvalue weighted by molar-refractivity contribution is 9.10. The fraction of sp³-hybridized carbons (Fsp3) is 0.533. The van der Waals surface area contributed by atoms with Crippen LogP contribution in [0, 0.1) is 5.92 Å². The minimum atomic E-state index is -0.552. The summed E-state index contributed by atoms with van der Waals surface area (Å²) in [7, 11) is 0. The SMILES string of the molecule is NC1(C(=O)NCC2CCN(c3ccc(Br)cc3)C2)CC1. The van der Waals surface area contributed by atoms with Crippen LogP contribution >= 0.6 is 15.9 Å². The molecule has 1 aromatic carbocycles. The average molecular weight is 338 g/mol. The number of carbonyl (C=O) groups excluding carboxylic acids is 1. The molecule has 2 fully saturated rings. The molecule has 1 aliphatic carbocycles. The Morgan fingerprint density at radius 3 is 2.75 bits per heavy atom. The van der Waals surface area contributed by atoms with E-state index in [1.165, 1.54) is 5.69 Å². The molecule has 0 radical (unpaired) electrons. The van der Waals surface area contributed by atoms with Gasteiger partial charge in [-0.2, -0.15) is 0 Å². The fourth-order valence-corrected chi connectivity index (χ4v) is 2.92. The van der Waals surface area contributed by atoms with E-state index in [0.717, 1.165) is 43.4 Å². The van der Waals surface area contributed by atoms with Crippen LogP contribution in [-0.4, -0.2) is 31.1 Å². The van der Waals surface area contributed by atoms with Gasteiger partial charge in [0.05, 0.1) is 5.54 Å². The zero-order valence-corrected chi connectivity index (χ0v) is 13.0. The lowest BCUT2D eigenvalue weighted by atomic mass is 10.1. The molecule has 0 spiro atoms. The third-order valence-electron chi connectivity index (χ3n) is 4.27. The molecule has 4 nitrogen and oxygen atoms in total. The van der Waals surface area contributed by atoms with Gasteiger partial charge in [-0.25, -0.2) is 0 Å². The van der Waals surface area contributed by atoms with E-state index in [1.807, 2.05) is 0 Å². The second-order valence-electron chi connectivity index (χ2n) is 5.94. The summed E-state index contributed by atoms with van der Waals surface area (Å²) >= 11 is 3.45. The van der Waals surface area contributed by atoms with E-state index in [1.54, 1.807) is 0 Å². The lowest BCUT2D eigenvalue weighted by Crippen LogP contribution is -2.44. The van der Waals surface area contributed by atoms with Crippen LogP contribution in [-0.2, 0) is 4.79 Å². The molecule has 1 aliphatic heterocycles. The molecule has 5 heteroatoms. The molecule has 0 bridgehead atoms. The van der Waals surface area contributed by atoms with Gasteiger partial charge in [-0.1, -0.05) is 15.9 Å². The number of hydrogen-bond donors (Lipinski definition) is 2. The lowest BCUT2D eigenvalue weighted by Gasteiger charge is -2.19. The first-order valence-corrected chi connectivity index (χ1v) is 7.94. The zero-order valence-electron chi connectivity index (χ0n) is 11.4. The maximum atomic E-state index is 11.8. The molecule has 1 aromatic rings. The second kappa shape index (κ2) is 5.37. The summed E-state index contributed by atoms with van der Waals surface area (Å²) in [4.78, 5) is 14.2. The van der Waals surface area contributed by atoms with Crippen molar-refractivity contribution in [3.8, 4) is 0 Å². The smallest absolute Gasteiger partial charge is 0.240 e. The van der Waals surface area contributed by atoms with E-state index < -0.39 is 5.54 Å². The van der Waals surface area contributed by atoms with Crippen molar-refractivity contribution in [3.05, 3.63) is 28.7 Å². The summed E-state index contributed by atoms with van der Waals surface area (Å²) in [6.45, 7) is 2.79. The van der Waals surface area contributed by atoms with Crippen LogP contribution < -0.4 is 16.0 Å². The fourth-order valence-electron chi connectivity index (χ4n) is 2.66. The van der Waals surface area contributed by atoms with Crippen molar-refractivity contribution >= 4 is 27.5 Å². The van der Waals surface area contributed by atoms with Crippen molar-refractivity contribution in [2.24, 2.45) is 11.7 Å². The van der Waals surface area contributed by atoms with Gasteiger partial charge in [0.25, 0.3) is 0 Å². The molecular formula is C15H20BrN3O. The van der Waals surface area contributed by atoms with Gasteiger partial charge >= 0.3 is 0 Å². The number of nitrogens with two attached hydrogens (primary N) is 1. The van der Waals surface area contributed by atoms with Crippen LogP contribution in [0.5, 0.6) is 0 Å². The van der Waals surface area contributed by atoms with Gasteiger partial charge in [-0.15, -0.1) is 0 Å². The summed E-state index contributed by atoms with van der Waals surface area (Å²) < 4.78 is 1.10. The number of rotatable bonds is 4. The van der Waals surface area contributed by atoms with Gasteiger partial charge < -0.3 is 16.0 Å². The van der Waals surface area contributed by atoms with Crippen LogP contribution in [0.4, 0.5) is 5.69 Å². The van der Waals surface area contributed by atoms with Crippen molar-refractivity contribution in [1.29, 1.82) is 0 Å². The van der Waals surface area contributed by atoms with Crippen LogP contribution in [0.25, 0.3) is 0 Å². The Morgan fingerprint density at radius 2 is 2.10 bits per heavy atom. The summed E-state index contributed by atoms with van der Waals surface area (Å²) in [5.41, 5.74) is 6.58. The van der Waals surface area contributed by atoms with E-state index in [0.29, 0.717) is 5.92 Å². The molecular weight excluding hydrogens is 318 g/mol. The molecule has 0 aromatic heterocycles. The van der Waals surface area contributed by atoms with Crippen molar-refractivity contribution in [2.75, 3.05) is 24.5 Å². The maximum Gasteiger partial charge on any atom is 0.240 e. The molecule has 108 valence electrons. The standard InChI is InChI=1S/C15H20BrN3O/c16-12-1-3-13(4-2-12)19-8-5-11(10-19)9-18-14(20)15(17)6-7-15/h1-4,11H,5-10,17H2,(H,18,20). The third-order valence-corrected chi connectivity index (χ3v) is 4.80. The molecule has 1 saturated carbocycles. The van der Waals surface area contributed by atoms with Crippen LogP contribution in [0.15, 0.2) is 28.7 Å². The maximum absolute atomic E-state index is 11.8. The lowest BCUT2D eigenvalue weighted by molar-refractivity contribution is -0.123. The van der Waals surface area contributed by atoms with E-state index in [-0.39, 0.29) is 5.91 Å². The zero-order chi connectivity index (χ0) is 14.2. The number of nitrogens with one attached hydrogen (secondary N) is 1. The summed E-state index contributed by atoms with van der Waals surface area (Å²) in [6.07, 6.45) is 2.77. The highest BCUT2D eigenvalue weighted by atomic mass is 79.9. The molecule has 1 atom stereocenters. The van der Waals surface area contributed by atoms with Crippen molar-refractivity contribution in [1.82, 2.24) is 5.32 Å². The van der Waals surface area contributed by atoms with Crippen molar-refractivity contribution in [3.63, 3.8) is 0 Å². The predicted octanol–water partition coefficient (Wildman–Crippen LogP) is 1.88. The Hall–Kier alpha value is -1.07. The predicted molar refractivity (Wildman–Crippen MR) is 83.6 cm³/mol. The van der Waals surface area contributed by atoms with Gasteiger partial charge in [0.15, 0.2) is 0 Å². The van der Waals surface area contributed by atoms with E-state index in [2.05, 4.69) is 50.4 Å². The first-order chi connectivity index (χ1) is 9.57. The molecule has 1 unspecified atom stereocenters. The Bertz CT molecular complexity index is 498. The largest absolute Gasteiger partial charge is 0.371 e.